The molecule has 0 radical (unpaired) electrons. The van der Waals surface area contributed by atoms with Gasteiger partial charge in [0.1, 0.15) is 4.60 Å². The zero-order valence-corrected chi connectivity index (χ0v) is 7.13. The molecule has 0 aliphatic rings. The lowest BCUT2D eigenvalue weighted by molar-refractivity contribution is 0.0952. The maximum Gasteiger partial charge on any atom is 0.267 e. The predicted molar refractivity (Wildman–Crippen MR) is 43.6 cm³/mol. The van der Waals surface area contributed by atoms with E-state index in [0.29, 0.717) is 10.2 Å². The average molecular weight is 216 g/mol. The van der Waals surface area contributed by atoms with Gasteiger partial charge in [-0.15, -0.1) is 0 Å². The van der Waals surface area contributed by atoms with Crippen molar-refractivity contribution >= 4 is 21.8 Å². The molecule has 0 saturated heterocycles. The van der Waals surface area contributed by atoms with E-state index in [9.17, 15) is 4.79 Å². The standard InChI is InChI=1S/C6H6BrN3O/c7-5-4(6(11)10-8)2-1-3-9-5/h1-3H,8H2,(H,10,11). The van der Waals surface area contributed by atoms with Crippen LogP contribution in [0.2, 0.25) is 0 Å². The highest BCUT2D eigenvalue weighted by molar-refractivity contribution is 9.10. The fourth-order valence-corrected chi connectivity index (χ4v) is 1.06. The van der Waals surface area contributed by atoms with E-state index in [0.717, 1.165) is 0 Å². The van der Waals surface area contributed by atoms with Crippen molar-refractivity contribution in [3.8, 4) is 0 Å². The minimum absolute atomic E-state index is 0.357. The Hall–Kier alpha value is -0.940. The Kier molecular flexibility index (Phi) is 2.56. The molecule has 0 atom stereocenters. The third-order valence-electron chi connectivity index (χ3n) is 1.13. The molecule has 3 N–H and O–H groups in total. The molecule has 0 saturated carbocycles. The first-order valence-corrected chi connectivity index (χ1v) is 3.66. The smallest absolute Gasteiger partial charge is 0.267 e. The van der Waals surface area contributed by atoms with Gasteiger partial charge in [0, 0.05) is 6.20 Å². The number of rotatable bonds is 1. The van der Waals surface area contributed by atoms with Gasteiger partial charge in [0.05, 0.1) is 5.56 Å². The average Bonchev–Trinajstić information content (AvgIpc) is 2.04. The van der Waals surface area contributed by atoms with Crippen LogP contribution in [-0.2, 0) is 0 Å². The molecule has 0 aliphatic carbocycles. The number of carbonyl (C=O) groups excluding carboxylic acids is 1. The summed E-state index contributed by atoms with van der Waals surface area (Å²) in [6.45, 7) is 0. The lowest BCUT2D eigenvalue weighted by Gasteiger charge is -1.99. The molecule has 58 valence electrons. The Balaban J connectivity index is 3.03. The molecule has 1 amide bonds. The van der Waals surface area contributed by atoms with Crippen LogP contribution in [0.1, 0.15) is 10.4 Å². The van der Waals surface area contributed by atoms with E-state index in [-0.39, 0.29) is 5.91 Å². The highest BCUT2D eigenvalue weighted by Crippen LogP contribution is 2.11. The Morgan fingerprint density at radius 3 is 3.00 bits per heavy atom. The van der Waals surface area contributed by atoms with Crippen molar-refractivity contribution in [3.05, 3.63) is 28.5 Å². The molecular weight excluding hydrogens is 210 g/mol. The number of nitrogen functional groups attached to an aromatic ring is 1. The Bertz CT molecular complexity index is 276. The molecule has 5 heteroatoms. The van der Waals surface area contributed by atoms with Crippen LogP contribution in [0.25, 0.3) is 0 Å². The van der Waals surface area contributed by atoms with Gasteiger partial charge >= 0.3 is 0 Å². The third-order valence-corrected chi connectivity index (χ3v) is 1.77. The summed E-state index contributed by atoms with van der Waals surface area (Å²) in [5.74, 6) is 4.57. The van der Waals surface area contributed by atoms with E-state index >= 15 is 0 Å². The van der Waals surface area contributed by atoms with Crippen LogP contribution in [0.15, 0.2) is 22.9 Å². The molecule has 0 unspecified atom stereocenters. The van der Waals surface area contributed by atoms with Crippen LogP contribution >= 0.6 is 15.9 Å². The van der Waals surface area contributed by atoms with Crippen LogP contribution < -0.4 is 11.3 Å². The van der Waals surface area contributed by atoms with E-state index in [4.69, 9.17) is 5.84 Å². The molecule has 0 fully saturated rings. The fraction of sp³-hybridized carbons (Fsp3) is 0. The molecule has 11 heavy (non-hydrogen) atoms. The van der Waals surface area contributed by atoms with Crippen LogP contribution in [0.3, 0.4) is 0 Å². The monoisotopic (exact) mass is 215 g/mol. The van der Waals surface area contributed by atoms with Gasteiger partial charge in [-0.25, -0.2) is 10.8 Å². The maximum atomic E-state index is 10.9. The van der Waals surface area contributed by atoms with Crippen LogP contribution in [-0.4, -0.2) is 10.9 Å². The number of pyridine rings is 1. The molecule has 4 nitrogen and oxygen atoms in total. The van der Waals surface area contributed by atoms with Crippen molar-refractivity contribution in [1.29, 1.82) is 0 Å². The Morgan fingerprint density at radius 2 is 2.45 bits per heavy atom. The molecule has 0 aromatic carbocycles. The number of hydrazine groups is 1. The van der Waals surface area contributed by atoms with E-state index in [2.05, 4.69) is 20.9 Å². The molecule has 1 heterocycles. The van der Waals surface area contributed by atoms with Gasteiger partial charge in [0.2, 0.25) is 0 Å². The van der Waals surface area contributed by atoms with Gasteiger partial charge in [-0.1, -0.05) is 0 Å². The summed E-state index contributed by atoms with van der Waals surface area (Å²) in [7, 11) is 0. The second-order valence-electron chi connectivity index (χ2n) is 1.82. The number of hydrogen-bond donors (Lipinski definition) is 2. The first-order valence-electron chi connectivity index (χ1n) is 2.87. The molecule has 0 aliphatic heterocycles. The quantitative estimate of drug-likeness (QED) is 0.310. The number of nitrogens with zero attached hydrogens (tertiary/aromatic N) is 1. The van der Waals surface area contributed by atoms with Crippen LogP contribution in [0.5, 0.6) is 0 Å². The number of aromatic nitrogens is 1. The van der Waals surface area contributed by atoms with Crippen molar-refractivity contribution < 1.29 is 4.79 Å². The fourth-order valence-electron chi connectivity index (χ4n) is 0.633. The summed E-state index contributed by atoms with van der Waals surface area (Å²) >= 11 is 3.11. The molecule has 1 aromatic heterocycles. The first kappa shape index (κ1) is 8.16. The summed E-state index contributed by atoms with van der Waals surface area (Å²) in [6.07, 6.45) is 1.58. The third kappa shape index (κ3) is 1.75. The number of nitrogens with two attached hydrogens (primary N) is 1. The summed E-state index contributed by atoms with van der Waals surface area (Å²) in [6, 6.07) is 3.29. The van der Waals surface area contributed by atoms with E-state index in [1.807, 2.05) is 5.43 Å². The van der Waals surface area contributed by atoms with Crippen LogP contribution in [0, 0.1) is 0 Å². The van der Waals surface area contributed by atoms with Crippen molar-refractivity contribution in [2.45, 2.75) is 0 Å². The molecule has 0 spiro atoms. The molecule has 0 bridgehead atoms. The summed E-state index contributed by atoms with van der Waals surface area (Å²) < 4.78 is 0.489. The first-order chi connectivity index (χ1) is 5.25. The summed E-state index contributed by atoms with van der Waals surface area (Å²) in [5.41, 5.74) is 2.44. The minimum Gasteiger partial charge on any atom is -0.290 e. The zero-order chi connectivity index (χ0) is 8.27. The topological polar surface area (TPSA) is 68.0 Å². The second-order valence-corrected chi connectivity index (χ2v) is 2.57. The summed E-state index contributed by atoms with van der Waals surface area (Å²) in [4.78, 5) is 14.8. The van der Waals surface area contributed by atoms with E-state index < -0.39 is 0 Å². The van der Waals surface area contributed by atoms with Crippen molar-refractivity contribution in [2.24, 2.45) is 5.84 Å². The van der Waals surface area contributed by atoms with Gasteiger partial charge in [-0.3, -0.25) is 10.2 Å². The molecular formula is C6H6BrN3O. The van der Waals surface area contributed by atoms with E-state index in [1.165, 1.54) is 0 Å². The Morgan fingerprint density at radius 1 is 1.73 bits per heavy atom. The van der Waals surface area contributed by atoms with Gasteiger partial charge < -0.3 is 0 Å². The second kappa shape index (κ2) is 3.45. The lowest BCUT2D eigenvalue weighted by atomic mass is 10.3. The SMILES string of the molecule is NNC(=O)c1cccnc1Br. The number of nitrogens with one attached hydrogen (secondary N) is 1. The largest absolute Gasteiger partial charge is 0.290 e. The van der Waals surface area contributed by atoms with Crippen molar-refractivity contribution in [3.63, 3.8) is 0 Å². The minimum atomic E-state index is -0.357. The molecule has 1 aromatic rings. The number of carbonyl (C=O) groups is 1. The zero-order valence-electron chi connectivity index (χ0n) is 5.54. The van der Waals surface area contributed by atoms with Gasteiger partial charge in [0.15, 0.2) is 0 Å². The van der Waals surface area contributed by atoms with Gasteiger partial charge in [0.25, 0.3) is 5.91 Å². The number of halogens is 1. The Labute approximate surface area is 71.9 Å². The number of amides is 1. The lowest BCUT2D eigenvalue weighted by Crippen LogP contribution is -2.30. The normalized spacial score (nSPS) is 9.27. The highest BCUT2D eigenvalue weighted by atomic mass is 79.9. The van der Waals surface area contributed by atoms with Crippen LogP contribution in [0.4, 0.5) is 0 Å². The van der Waals surface area contributed by atoms with Crippen molar-refractivity contribution in [2.75, 3.05) is 0 Å². The number of hydrogen-bond acceptors (Lipinski definition) is 3. The maximum absolute atomic E-state index is 10.9. The van der Waals surface area contributed by atoms with Gasteiger partial charge in [-0.2, -0.15) is 0 Å². The predicted octanol–water partition coefficient (Wildman–Crippen LogP) is 0.448. The highest BCUT2D eigenvalue weighted by Gasteiger charge is 2.06. The summed E-state index contributed by atoms with van der Waals surface area (Å²) in [5, 5.41) is 0. The van der Waals surface area contributed by atoms with Gasteiger partial charge in [-0.05, 0) is 28.1 Å². The van der Waals surface area contributed by atoms with E-state index in [1.54, 1.807) is 18.3 Å². The van der Waals surface area contributed by atoms with Crippen molar-refractivity contribution in [1.82, 2.24) is 10.4 Å². The molecule has 1 rings (SSSR count).